The largest absolute Gasteiger partial charge is 0.481 e. The number of hydrogen-bond donors (Lipinski definition) is 1. The summed E-state index contributed by atoms with van der Waals surface area (Å²) in [6.45, 7) is 1.62. The van der Waals surface area contributed by atoms with Crippen LogP contribution in [-0.2, 0) is 9.59 Å². The van der Waals surface area contributed by atoms with Crippen LogP contribution in [0.5, 0.6) is 0 Å². The van der Waals surface area contributed by atoms with Crippen molar-refractivity contribution in [2.45, 2.75) is 32.1 Å². The van der Waals surface area contributed by atoms with E-state index in [9.17, 15) is 14.7 Å². The number of carbonyl (C=O) groups is 2. The van der Waals surface area contributed by atoms with Crippen LogP contribution in [0.25, 0.3) is 0 Å². The Balaban J connectivity index is 1.78. The smallest absolute Gasteiger partial charge is 0.307 e. The fourth-order valence-electron chi connectivity index (χ4n) is 4.00. The predicted molar refractivity (Wildman–Crippen MR) is 70.4 cm³/mol. The molecule has 0 aromatic heterocycles. The molecular weight excluding hydrogens is 242 g/mol. The second kappa shape index (κ2) is 4.99. The van der Waals surface area contributed by atoms with E-state index in [-0.39, 0.29) is 23.7 Å². The highest BCUT2D eigenvalue weighted by Gasteiger charge is 2.52. The molecule has 4 nitrogen and oxygen atoms in total. The van der Waals surface area contributed by atoms with E-state index in [0.29, 0.717) is 0 Å². The number of likely N-dealkylation sites (tertiary alicyclic amines) is 1. The Morgan fingerprint density at radius 3 is 2.11 bits per heavy atom. The van der Waals surface area contributed by atoms with Gasteiger partial charge < -0.3 is 10.0 Å². The molecule has 2 aliphatic carbocycles. The lowest BCUT2D eigenvalue weighted by Crippen LogP contribution is -2.43. The molecule has 4 atom stereocenters. The molecule has 1 aliphatic heterocycles. The molecule has 0 aromatic carbocycles. The average molecular weight is 263 g/mol. The lowest BCUT2D eigenvalue weighted by atomic mass is 9.82. The van der Waals surface area contributed by atoms with Gasteiger partial charge in [-0.25, -0.2) is 0 Å². The van der Waals surface area contributed by atoms with Gasteiger partial charge in [-0.3, -0.25) is 9.59 Å². The zero-order valence-corrected chi connectivity index (χ0v) is 11.1. The number of nitrogens with zero attached hydrogens (tertiary/aromatic N) is 1. The summed E-state index contributed by atoms with van der Waals surface area (Å²) in [6.07, 6.45) is 9.38. The Morgan fingerprint density at radius 2 is 1.53 bits per heavy atom. The molecule has 4 heteroatoms. The number of allylic oxidation sites excluding steroid dienone is 2. The molecular formula is C15H21NO3. The molecule has 2 bridgehead atoms. The van der Waals surface area contributed by atoms with Crippen LogP contribution in [0, 0.1) is 23.7 Å². The first-order valence-electron chi connectivity index (χ1n) is 7.38. The third-order valence-electron chi connectivity index (χ3n) is 4.95. The van der Waals surface area contributed by atoms with E-state index in [1.54, 1.807) is 0 Å². The molecule has 0 spiro atoms. The molecule has 19 heavy (non-hydrogen) atoms. The fourth-order valence-corrected chi connectivity index (χ4v) is 4.00. The molecule has 0 unspecified atom stereocenters. The zero-order chi connectivity index (χ0) is 13.4. The molecule has 1 saturated carbocycles. The normalized spacial score (nSPS) is 37.4. The van der Waals surface area contributed by atoms with E-state index in [4.69, 9.17) is 0 Å². The van der Waals surface area contributed by atoms with E-state index in [0.717, 1.165) is 32.4 Å². The minimum absolute atomic E-state index is 0.0726. The molecule has 0 radical (unpaired) electrons. The molecule has 0 aromatic rings. The van der Waals surface area contributed by atoms with Gasteiger partial charge in [0.25, 0.3) is 0 Å². The third-order valence-corrected chi connectivity index (χ3v) is 4.95. The Bertz CT molecular complexity index is 410. The lowest BCUT2D eigenvalue weighted by molar-refractivity contribution is -0.151. The van der Waals surface area contributed by atoms with Crippen LogP contribution in [0.1, 0.15) is 32.1 Å². The van der Waals surface area contributed by atoms with Crippen molar-refractivity contribution in [3.63, 3.8) is 0 Å². The summed E-state index contributed by atoms with van der Waals surface area (Å²) in [5, 5.41) is 9.40. The first-order valence-corrected chi connectivity index (χ1v) is 7.38. The van der Waals surface area contributed by atoms with Gasteiger partial charge in [0.2, 0.25) is 5.91 Å². The molecule has 1 amide bonds. The summed E-state index contributed by atoms with van der Waals surface area (Å²) in [5.41, 5.74) is 0. The van der Waals surface area contributed by atoms with Crippen LogP contribution >= 0.6 is 0 Å². The Hall–Kier alpha value is -1.32. The molecule has 2 fully saturated rings. The third kappa shape index (κ3) is 2.17. The number of aliphatic carboxylic acids is 1. The van der Waals surface area contributed by atoms with E-state index in [1.165, 1.54) is 12.8 Å². The predicted octanol–water partition coefficient (Wildman–Crippen LogP) is 1.91. The van der Waals surface area contributed by atoms with Gasteiger partial charge >= 0.3 is 5.97 Å². The van der Waals surface area contributed by atoms with Crippen molar-refractivity contribution in [2.75, 3.05) is 13.1 Å². The van der Waals surface area contributed by atoms with Gasteiger partial charge in [-0.2, -0.15) is 0 Å². The highest BCUT2D eigenvalue weighted by molar-refractivity contribution is 5.87. The van der Waals surface area contributed by atoms with Crippen LogP contribution in [0.15, 0.2) is 12.2 Å². The summed E-state index contributed by atoms with van der Waals surface area (Å²) in [5.74, 6) is -1.29. The van der Waals surface area contributed by atoms with Gasteiger partial charge in [0.1, 0.15) is 0 Å². The number of carbonyl (C=O) groups excluding carboxylic acids is 1. The number of carboxylic acid groups (broad SMARTS) is 1. The number of carboxylic acids is 1. The molecule has 1 saturated heterocycles. The number of hydrogen-bond acceptors (Lipinski definition) is 2. The van der Waals surface area contributed by atoms with Gasteiger partial charge in [-0.1, -0.05) is 25.0 Å². The number of amides is 1. The van der Waals surface area contributed by atoms with Crippen molar-refractivity contribution in [3.8, 4) is 0 Å². The quantitative estimate of drug-likeness (QED) is 0.774. The Morgan fingerprint density at radius 1 is 0.947 bits per heavy atom. The highest BCUT2D eigenvalue weighted by Crippen LogP contribution is 2.48. The molecule has 1 N–H and O–H groups in total. The topological polar surface area (TPSA) is 57.6 Å². The van der Waals surface area contributed by atoms with Gasteiger partial charge in [0.05, 0.1) is 11.8 Å². The monoisotopic (exact) mass is 263 g/mol. The Labute approximate surface area is 113 Å². The zero-order valence-electron chi connectivity index (χ0n) is 11.1. The summed E-state index contributed by atoms with van der Waals surface area (Å²) in [4.78, 5) is 26.1. The van der Waals surface area contributed by atoms with Gasteiger partial charge in [-0.05, 0) is 31.1 Å². The molecule has 104 valence electrons. The van der Waals surface area contributed by atoms with Crippen LogP contribution in [-0.4, -0.2) is 35.0 Å². The van der Waals surface area contributed by atoms with Crippen molar-refractivity contribution < 1.29 is 14.7 Å². The lowest BCUT2D eigenvalue weighted by Gasteiger charge is -2.30. The number of fused-ring (bicyclic) bond motifs is 2. The van der Waals surface area contributed by atoms with Gasteiger partial charge in [0, 0.05) is 13.1 Å². The van der Waals surface area contributed by atoms with Crippen LogP contribution < -0.4 is 0 Å². The summed E-state index contributed by atoms with van der Waals surface area (Å²) in [7, 11) is 0. The average Bonchev–Trinajstić information content (AvgIpc) is 2.89. The maximum absolute atomic E-state index is 12.7. The van der Waals surface area contributed by atoms with Crippen molar-refractivity contribution in [2.24, 2.45) is 23.7 Å². The van der Waals surface area contributed by atoms with Gasteiger partial charge in [-0.15, -0.1) is 0 Å². The summed E-state index contributed by atoms with van der Waals surface area (Å²) in [6, 6.07) is 0. The van der Waals surface area contributed by atoms with Crippen molar-refractivity contribution >= 4 is 11.9 Å². The molecule has 1 heterocycles. The maximum Gasteiger partial charge on any atom is 0.307 e. The summed E-state index contributed by atoms with van der Waals surface area (Å²) < 4.78 is 0. The maximum atomic E-state index is 12.7. The van der Waals surface area contributed by atoms with E-state index in [2.05, 4.69) is 6.08 Å². The molecule has 3 rings (SSSR count). The second-order valence-electron chi connectivity index (χ2n) is 6.08. The van der Waals surface area contributed by atoms with Crippen molar-refractivity contribution in [1.82, 2.24) is 4.90 Å². The van der Waals surface area contributed by atoms with Gasteiger partial charge in [0.15, 0.2) is 0 Å². The highest BCUT2D eigenvalue weighted by atomic mass is 16.4. The second-order valence-corrected chi connectivity index (χ2v) is 6.08. The van der Waals surface area contributed by atoms with Crippen molar-refractivity contribution in [3.05, 3.63) is 12.2 Å². The minimum atomic E-state index is -0.801. The van der Waals surface area contributed by atoms with E-state index < -0.39 is 11.9 Å². The van der Waals surface area contributed by atoms with Crippen LogP contribution in [0.2, 0.25) is 0 Å². The van der Waals surface area contributed by atoms with Crippen molar-refractivity contribution in [1.29, 1.82) is 0 Å². The fraction of sp³-hybridized carbons (Fsp3) is 0.733. The van der Waals surface area contributed by atoms with E-state index >= 15 is 0 Å². The first-order chi connectivity index (χ1) is 9.18. The first kappa shape index (κ1) is 12.7. The SMILES string of the molecule is O=C(O)[C@H]1[C@@H](C(=O)N2CCCCCC2)[C@H]2C=C[C@@H]1C2. The standard InChI is InChI=1S/C15H21NO3/c17-14(16-7-3-1-2-4-8-16)12-10-5-6-11(9-10)13(12)15(18)19/h5-6,10-13H,1-4,7-9H2,(H,18,19)/t10-,11+,12-,13+/m0/s1. The van der Waals surface area contributed by atoms with Crippen LogP contribution in [0.4, 0.5) is 0 Å². The van der Waals surface area contributed by atoms with E-state index in [1.807, 2.05) is 11.0 Å². The molecule has 3 aliphatic rings. The summed E-state index contributed by atoms with van der Waals surface area (Å²) >= 11 is 0. The minimum Gasteiger partial charge on any atom is -0.481 e. The number of rotatable bonds is 2. The Kier molecular flexibility index (Phi) is 3.33. The van der Waals surface area contributed by atoms with Crippen LogP contribution in [0.3, 0.4) is 0 Å².